The summed E-state index contributed by atoms with van der Waals surface area (Å²) in [4.78, 5) is 11.7. The lowest BCUT2D eigenvalue weighted by molar-refractivity contribution is -0.245. The number of carbonyl (C=O) groups excluding carboxylic acids is 1. The van der Waals surface area contributed by atoms with Gasteiger partial charge in [0.05, 0.1) is 24.5 Å². The molecule has 3 aromatic carbocycles. The summed E-state index contributed by atoms with van der Waals surface area (Å²) < 4.78 is 19.4. The van der Waals surface area contributed by atoms with E-state index in [1.807, 2.05) is 48.5 Å². The summed E-state index contributed by atoms with van der Waals surface area (Å²) in [7, 11) is 0. The number of ether oxygens (including phenoxy) is 3. The predicted octanol–water partition coefficient (Wildman–Crippen LogP) is 4.61. The van der Waals surface area contributed by atoms with Gasteiger partial charge >= 0.3 is 6.09 Å². The zero-order chi connectivity index (χ0) is 29.3. The molecule has 1 aliphatic heterocycles. The average Bonchev–Trinajstić information content (AvgIpc) is 3.51. The smallest absolute Gasteiger partial charge is 0.407 e. The molecule has 0 radical (unpaired) electrons. The van der Waals surface area contributed by atoms with Crippen molar-refractivity contribution in [2.45, 2.75) is 43.2 Å². The van der Waals surface area contributed by atoms with Crippen LogP contribution in [0.2, 0.25) is 0 Å². The molecule has 1 fully saturated rings. The zero-order valence-corrected chi connectivity index (χ0v) is 23.5. The van der Waals surface area contributed by atoms with Crippen molar-refractivity contribution in [3.05, 3.63) is 108 Å². The van der Waals surface area contributed by atoms with Gasteiger partial charge in [0, 0.05) is 24.3 Å². The van der Waals surface area contributed by atoms with Crippen molar-refractivity contribution < 1.29 is 29.2 Å². The number of aliphatic hydroxyl groups is 1. The molecule has 3 N–H and O–H groups in total. The lowest BCUT2D eigenvalue weighted by Gasteiger charge is -2.36. The minimum atomic E-state index is -0.625. The van der Waals surface area contributed by atoms with Crippen LogP contribution in [-0.2, 0) is 27.4 Å². The van der Waals surface area contributed by atoms with E-state index in [1.54, 1.807) is 28.9 Å². The van der Waals surface area contributed by atoms with Crippen LogP contribution in [0.5, 0.6) is 5.75 Å². The highest BCUT2D eigenvalue weighted by atomic mass is 32.2. The number of thioether (sulfide) groups is 1. The van der Waals surface area contributed by atoms with Crippen LogP contribution >= 0.6 is 11.8 Å². The molecular formula is C30H31N5O6S. The Labute approximate surface area is 247 Å². The molecule has 4 aromatic rings. The van der Waals surface area contributed by atoms with Gasteiger partial charge in [0.25, 0.3) is 0 Å². The largest absolute Gasteiger partial charge is 0.508 e. The van der Waals surface area contributed by atoms with Crippen LogP contribution in [-0.4, -0.2) is 55.0 Å². The number of alkyl carbamates (subject to hydrolysis) is 1. The van der Waals surface area contributed by atoms with E-state index in [-0.39, 0.29) is 31.2 Å². The minimum Gasteiger partial charge on any atom is -0.508 e. The van der Waals surface area contributed by atoms with Crippen LogP contribution in [0.1, 0.15) is 41.1 Å². The van der Waals surface area contributed by atoms with Crippen molar-refractivity contribution in [3.63, 3.8) is 0 Å². The number of amides is 1. The van der Waals surface area contributed by atoms with E-state index >= 15 is 0 Å². The SMILES string of the molecule is C=CCOC(=O)NCc1ccc([C@H]2O[C@@H](CSc3nnnn3-c3ccc(O)cc3)C[C@@H](c3ccc(CO)cc3)O2)cc1. The molecule has 12 heteroatoms. The fourth-order valence-electron chi connectivity index (χ4n) is 4.37. The summed E-state index contributed by atoms with van der Waals surface area (Å²) in [5, 5.41) is 34.5. The van der Waals surface area contributed by atoms with Gasteiger partial charge in [-0.15, -0.1) is 5.10 Å². The van der Waals surface area contributed by atoms with Crippen molar-refractivity contribution in [1.29, 1.82) is 0 Å². The topological polar surface area (TPSA) is 141 Å². The molecule has 1 saturated heterocycles. The molecular weight excluding hydrogens is 558 g/mol. The van der Waals surface area contributed by atoms with Crippen LogP contribution in [0.4, 0.5) is 4.79 Å². The maximum Gasteiger partial charge on any atom is 0.407 e. The summed E-state index contributed by atoms with van der Waals surface area (Å²) >= 11 is 1.47. The number of aromatic nitrogens is 4. The van der Waals surface area contributed by atoms with Crippen LogP contribution in [0.25, 0.3) is 5.69 Å². The van der Waals surface area contributed by atoms with E-state index in [0.29, 0.717) is 23.9 Å². The Morgan fingerprint density at radius 3 is 2.48 bits per heavy atom. The molecule has 2 heterocycles. The van der Waals surface area contributed by atoms with E-state index < -0.39 is 12.4 Å². The van der Waals surface area contributed by atoms with Crippen molar-refractivity contribution in [3.8, 4) is 11.4 Å². The van der Waals surface area contributed by atoms with Gasteiger partial charge in [0.2, 0.25) is 5.16 Å². The van der Waals surface area contributed by atoms with Gasteiger partial charge in [-0.25, -0.2) is 4.79 Å². The monoisotopic (exact) mass is 589 g/mol. The van der Waals surface area contributed by atoms with Crippen molar-refractivity contribution in [1.82, 2.24) is 25.5 Å². The highest BCUT2D eigenvalue weighted by Gasteiger charge is 2.32. The van der Waals surface area contributed by atoms with Crippen molar-refractivity contribution in [2.75, 3.05) is 12.4 Å². The standard InChI is InChI=1S/C30H31N5O6S/c1-2-15-39-30(38)31-17-20-3-9-23(10-4-20)28-40-26(16-27(41-28)22-7-5-21(18-36)6-8-22)19-42-29-32-33-34-35(29)24-11-13-25(37)14-12-24/h2-14,26-28,36-37H,1,15-19H2,(H,31,38)/t26-,27+,28+/m1/s1. The Kier molecular flexibility index (Phi) is 9.82. The quantitative estimate of drug-likeness (QED) is 0.168. The summed E-state index contributed by atoms with van der Waals surface area (Å²) in [5.41, 5.74) is 4.29. The highest BCUT2D eigenvalue weighted by molar-refractivity contribution is 7.99. The van der Waals surface area contributed by atoms with E-state index in [9.17, 15) is 15.0 Å². The lowest BCUT2D eigenvalue weighted by Crippen LogP contribution is -2.31. The number of nitrogens with zero attached hydrogens (tertiary/aromatic N) is 4. The molecule has 0 unspecified atom stereocenters. The van der Waals surface area contributed by atoms with Gasteiger partial charge in [-0.3, -0.25) is 0 Å². The first-order valence-electron chi connectivity index (χ1n) is 13.3. The van der Waals surface area contributed by atoms with Crippen molar-refractivity contribution >= 4 is 17.9 Å². The van der Waals surface area contributed by atoms with E-state index in [1.165, 1.54) is 17.8 Å². The second-order valence-corrected chi connectivity index (χ2v) is 10.5. The molecule has 3 atom stereocenters. The molecule has 0 aliphatic carbocycles. The fourth-order valence-corrected chi connectivity index (χ4v) is 5.28. The molecule has 0 spiro atoms. The van der Waals surface area contributed by atoms with Crippen molar-refractivity contribution in [2.24, 2.45) is 0 Å². The Balaban J connectivity index is 1.29. The van der Waals surface area contributed by atoms with E-state index in [4.69, 9.17) is 14.2 Å². The fraction of sp³-hybridized carbons (Fsp3) is 0.267. The van der Waals surface area contributed by atoms with Gasteiger partial charge in [0.1, 0.15) is 12.4 Å². The third-order valence-corrected chi connectivity index (χ3v) is 7.62. The number of nitrogens with one attached hydrogen (secondary N) is 1. The van der Waals surface area contributed by atoms with Crippen LogP contribution in [0.15, 0.2) is 90.6 Å². The molecule has 11 nitrogen and oxygen atoms in total. The summed E-state index contributed by atoms with van der Waals surface area (Å²) in [5.74, 6) is 0.731. The van der Waals surface area contributed by atoms with Crippen LogP contribution < -0.4 is 5.32 Å². The highest BCUT2D eigenvalue weighted by Crippen LogP contribution is 2.39. The summed E-state index contributed by atoms with van der Waals surface area (Å²) in [6.07, 6.45) is 0.552. The molecule has 218 valence electrons. The Morgan fingerprint density at radius 1 is 1.05 bits per heavy atom. The lowest BCUT2D eigenvalue weighted by atomic mass is 10.0. The maximum atomic E-state index is 11.7. The molecule has 5 rings (SSSR count). The Hall–Kier alpha value is -4.23. The second kappa shape index (κ2) is 14.1. The van der Waals surface area contributed by atoms with Gasteiger partial charge in [-0.2, -0.15) is 4.68 Å². The number of phenols is 1. The number of aliphatic hydroxyl groups excluding tert-OH is 1. The number of hydrogen-bond acceptors (Lipinski definition) is 10. The normalized spacial score (nSPS) is 18.4. The number of aromatic hydroxyl groups is 1. The zero-order valence-electron chi connectivity index (χ0n) is 22.7. The first kappa shape index (κ1) is 29.3. The average molecular weight is 590 g/mol. The summed E-state index contributed by atoms with van der Waals surface area (Å²) in [6.45, 7) is 3.97. The first-order chi connectivity index (χ1) is 20.5. The maximum absolute atomic E-state index is 11.7. The third kappa shape index (κ3) is 7.53. The van der Waals surface area contributed by atoms with Crippen LogP contribution in [0.3, 0.4) is 0 Å². The predicted molar refractivity (Wildman–Crippen MR) is 155 cm³/mol. The number of benzene rings is 3. The first-order valence-corrected chi connectivity index (χ1v) is 14.3. The van der Waals surface area contributed by atoms with Gasteiger partial charge in [-0.05, 0) is 51.4 Å². The second-order valence-electron chi connectivity index (χ2n) is 9.53. The Bertz CT molecular complexity index is 1460. The van der Waals surface area contributed by atoms with Crippen LogP contribution in [0, 0.1) is 0 Å². The number of hydrogen-bond donors (Lipinski definition) is 3. The summed E-state index contributed by atoms with van der Waals surface area (Å²) in [6, 6.07) is 22.0. The van der Waals surface area contributed by atoms with Gasteiger partial charge < -0.3 is 29.7 Å². The van der Waals surface area contributed by atoms with E-state index in [0.717, 1.165) is 27.9 Å². The third-order valence-electron chi connectivity index (χ3n) is 6.57. The minimum absolute atomic E-state index is 0.0280. The molecule has 1 amide bonds. The molecule has 0 bridgehead atoms. The number of tetrazole rings is 1. The molecule has 1 aromatic heterocycles. The molecule has 0 saturated carbocycles. The number of carbonyl (C=O) groups is 1. The number of phenolic OH excluding ortho intramolecular Hbond substituents is 1. The van der Waals surface area contributed by atoms with E-state index in [2.05, 4.69) is 27.4 Å². The molecule has 1 aliphatic rings. The van der Waals surface area contributed by atoms with Gasteiger partial charge in [-0.1, -0.05) is 72.9 Å². The Morgan fingerprint density at radius 2 is 1.76 bits per heavy atom. The van der Waals surface area contributed by atoms with Gasteiger partial charge in [0.15, 0.2) is 6.29 Å². The number of rotatable bonds is 11. The molecule has 42 heavy (non-hydrogen) atoms.